The molecule has 0 aliphatic carbocycles. The van der Waals surface area contributed by atoms with Crippen molar-refractivity contribution in [2.75, 3.05) is 20.8 Å². The van der Waals surface area contributed by atoms with Crippen LogP contribution >= 0.6 is 34.5 Å². The third kappa shape index (κ3) is 5.08. The van der Waals surface area contributed by atoms with Gasteiger partial charge in [0, 0.05) is 28.3 Å². The van der Waals surface area contributed by atoms with Crippen molar-refractivity contribution >= 4 is 46.6 Å². The summed E-state index contributed by atoms with van der Waals surface area (Å²) in [6.07, 6.45) is 1.64. The van der Waals surface area contributed by atoms with Crippen molar-refractivity contribution in [3.8, 4) is 22.8 Å². The molecular weight excluding hydrogens is 575 g/mol. The first-order chi connectivity index (χ1) is 19.2. The highest BCUT2D eigenvalue weighted by atomic mass is 35.5. The van der Waals surface area contributed by atoms with Gasteiger partial charge >= 0.3 is 5.97 Å². The molecule has 8 nitrogen and oxygen atoms in total. The third-order valence-corrected chi connectivity index (χ3v) is 7.89. The van der Waals surface area contributed by atoms with Gasteiger partial charge in [-0.1, -0.05) is 34.5 Å². The number of nitrogens with zero attached hydrogens (tertiary/aromatic N) is 2. The molecule has 0 unspecified atom stereocenters. The third-order valence-electron chi connectivity index (χ3n) is 6.35. The molecule has 2 aromatic carbocycles. The maximum Gasteiger partial charge on any atom is 0.338 e. The standard InChI is InChI=1S/C29H24Cl2N2O6S/c1-5-38-28(35)25-15(2)32-29-33(26(25)19-9-7-17(36-3)13-23(19)37-4)27(34)24(40-29)14-18-8-11-22(39-18)20-12-16(30)6-10-21(20)31/h6-14,26H,5H2,1-4H3/t26-/m0/s1. The molecule has 1 aliphatic heterocycles. The number of allylic oxidation sites excluding steroid dienone is 1. The molecule has 3 heterocycles. The van der Waals surface area contributed by atoms with Crippen molar-refractivity contribution < 1.29 is 23.4 Å². The van der Waals surface area contributed by atoms with Crippen LogP contribution < -0.4 is 24.4 Å². The van der Waals surface area contributed by atoms with Crippen LogP contribution in [0.3, 0.4) is 0 Å². The molecule has 1 aliphatic rings. The fourth-order valence-electron chi connectivity index (χ4n) is 4.52. The van der Waals surface area contributed by atoms with Gasteiger partial charge in [-0.3, -0.25) is 9.36 Å². The van der Waals surface area contributed by atoms with Gasteiger partial charge in [0.2, 0.25) is 0 Å². The van der Waals surface area contributed by atoms with Crippen molar-refractivity contribution in [2.24, 2.45) is 4.99 Å². The molecule has 4 aromatic rings. The van der Waals surface area contributed by atoms with Crippen molar-refractivity contribution in [3.63, 3.8) is 0 Å². The number of carbonyl (C=O) groups excluding carboxylic acids is 1. The van der Waals surface area contributed by atoms with E-state index >= 15 is 0 Å². The molecule has 40 heavy (non-hydrogen) atoms. The lowest BCUT2D eigenvalue weighted by molar-refractivity contribution is -0.139. The molecule has 0 saturated carbocycles. The summed E-state index contributed by atoms with van der Waals surface area (Å²) < 4.78 is 24.2. The number of ether oxygens (including phenoxy) is 3. The van der Waals surface area contributed by atoms with Gasteiger partial charge in [-0.2, -0.15) is 0 Å². The maximum atomic E-state index is 13.9. The van der Waals surface area contributed by atoms with E-state index in [-0.39, 0.29) is 17.7 Å². The van der Waals surface area contributed by atoms with Crippen LogP contribution in [-0.2, 0) is 9.53 Å². The van der Waals surface area contributed by atoms with Crippen LogP contribution in [0.5, 0.6) is 11.5 Å². The molecule has 0 N–H and O–H groups in total. The predicted octanol–water partition coefficient (Wildman–Crippen LogP) is 5.38. The maximum absolute atomic E-state index is 13.9. The molecule has 0 amide bonds. The minimum Gasteiger partial charge on any atom is -0.497 e. The normalized spacial score (nSPS) is 15.1. The number of hydrogen-bond donors (Lipinski definition) is 0. The lowest BCUT2D eigenvalue weighted by Gasteiger charge is -2.26. The van der Waals surface area contributed by atoms with E-state index in [0.29, 0.717) is 59.2 Å². The summed E-state index contributed by atoms with van der Waals surface area (Å²) in [7, 11) is 3.06. The van der Waals surface area contributed by atoms with E-state index in [4.69, 9.17) is 41.8 Å². The Labute approximate surface area is 243 Å². The molecule has 2 aromatic heterocycles. The monoisotopic (exact) mass is 598 g/mol. The predicted molar refractivity (Wildman–Crippen MR) is 154 cm³/mol. The highest BCUT2D eigenvalue weighted by Gasteiger charge is 2.35. The van der Waals surface area contributed by atoms with E-state index in [1.165, 1.54) is 23.0 Å². The second-order valence-electron chi connectivity index (χ2n) is 8.74. The Kier molecular flexibility index (Phi) is 7.89. The topological polar surface area (TPSA) is 92.3 Å². The second kappa shape index (κ2) is 11.4. The Morgan fingerprint density at radius 2 is 1.93 bits per heavy atom. The molecule has 0 fully saturated rings. The number of halogens is 2. The number of thiazole rings is 1. The number of aromatic nitrogens is 1. The van der Waals surface area contributed by atoms with Crippen molar-refractivity contribution in [3.05, 3.63) is 101 Å². The van der Waals surface area contributed by atoms with E-state index in [0.717, 1.165) is 0 Å². The van der Waals surface area contributed by atoms with Crippen LogP contribution in [0.15, 0.2) is 74.0 Å². The zero-order valence-corrected chi connectivity index (χ0v) is 24.3. The summed E-state index contributed by atoms with van der Waals surface area (Å²) in [5.74, 6) is 1.41. The first-order valence-electron chi connectivity index (χ1n) is 12.2. The summed E-state index contributed by atoms with van der Waals surface area (Å²) in [4.78, 5) is 32.1. The molecule has 0 radical (unpaired) electrons. The molecule has 11 heteroatoms. The van der Waals surface area contributed by atoms with Gasteiger partial charge in [-0.25, -0.2) is 9.79 Å². The molecule has 1 atom stereocenters. The van der Waals surface area contributed by atoms with Crippen molar-refractivity contribution in [1.29, 1.82) is 0 Å². The Balaban J connectivity index is 1.68. The van der Waals surface area contributed by atoms with Crippen molar-refractivity contribution in [2.45, 2.75) is 19.9 Å². The molecule has 5 rings (SSSR count). The molecular formula is C29H24Cl2N2O6S. The lowest BCUT2D eigenvalue weighted by Crippen LogP contribution is -2.40. The quantitative estimate of drug-likeness (QED) is 0.265. The van der Waals surface area contributed by atoms with Gasteiger partial charge in [-0.05, 0) is 56.3 Å². The first kappa shape index (κ1) is 27.8. The lowest BCUT2D eigenvalue weighted by atomic mass is 9.95. The first-order valence-corrected chi connectivity index (χ1v) is 13.8. The largest absolute Gasteiger partial charge is 0.497 e. The van der Waals surface area contributed by atoms with E-state index in [1.54, 1.807) is 75.6 Å². The number of rotatable bonds is 7. The highest BCUT2D eigenvalue weighted by molar-refractivity contribution is 7.07. The Bertz CT molecular complexity index is 1840. The van der Waals surface area contributed by atoms with Gasteiger partial charge in [0.25, 0.3) is 5.56 Å². The fraction of sp³-hybridized carbons (Fsp3) is 0.207. The SMILES string of the molecule is CCOC(=O)C1=C(C)N=c2sc(=Cc3ccc(-c4cc(Cl)ccc4Cl)o3)c(=O)n2[C@H]1c1ccc(OC)cc1OC. The zero-order valence-electron chi connectivity index (χ0n) is 22.0. The smallest absolute Gasteiger partial charge is 0.338 e. The number of esters is 1. The number of methoxy groups -OCH3 is 2. The van der Waals surface area contributed by atoms with Crippen LogP contribution in [0, 0.1) is 0 Å². The van der Waals surface area contributed by atoms with E-state index < -0.39 is 12.0 Å². The summed E-state index contributed by atoms with van der Waals surface area (Å²) >= 11 is 13.7. The number of hydrogen-bond acceptors (Lipinski definition) is 8. The fourth-order valence-corrected chi connectivity index (χ4v) is 5.93. The summed E-state index contributed by atoms with van der Waals surface area (Å²) in [5, 5.41) is 1.01. The van der Waals surface area contributed by atoms with Crippen LogP contribution in [0.25, 0.3) is 17.4 Å². The Morgan fingerprint density at radius 1 is 1.12 bits per heavy atom. The van der Waals surface area contributed by atoms with Crippen LogP contribution in [-0.4, -0.2) is 31.4 Å². The van der Waals surface area contributed by atoms with E-state index in [1.807, 2.05) is 0 Å². The summed E-state index contributed by atoms with van der Waals surface area (Å²) in [6, 6.07) is 13.0. The zero-order chi connectivity index (χ0) is 28.6. The van der Waals surface area contributed by atoms with Gasteiger partial charge in [0.1, 0.15) is 29.1 Å². The second-order valence-corrected chi connectivity index (χ2v) is 10.6. The Morgan fingerprint density at radius 3 is 2.65 bits per heavy atom. The van der Waals surface area contributed by atoms with Crippen LogP contribution in [0.4, 0.5) is 0 Å². The van der Waals surface area contributed by atoms with Crippen LogP contribution in [0.1, 0.15) is 31.2 Å². The molecule has 0 saturated heterocycles. The molecule has 0 spiro atoms. The summed E-state index contributed by atoms with van der Waals surface area (Å²) in [5.41, 5.74) is 1.57. The number of carbonyl (C=O) groups is 1. The highest BCUT2D eigenvalue weighted by Crippen LogP contribution is 2.38. The van der Waals surface area contributed by atoms with E-state index in [9.17, 15) is 9.59 Å². The van der Waals surface area contributed by atoms with Crippen molar-refractivity contribution in [1.82, 2.24) is 4.57 Å². The van der Waals surface area contributed by atoms with Crippen LogP contribution in [0.2, 0.25) is 10.0 Å². The van der Waals surface area contributed by atoms with Gasteiger partial charge in [0.05, 0.1) is 41.7 Å². The summed E-state index contributed by atoms with van der Waals surface area (Å²) in [6.45, 7) is 3.62. The van der Waals surface area contributed by atoms with Gasteiger partial charge in [-0.15, -0.1) is 0 Å². The number of fused-ring (bicyclic) bond motifs is 1. The number of benzene rings is 2. The molecule has 206 valence electrons. The average Bonchev–Trinajstić information content (AvgIpc) is 3.53. The average molecular weight is 599 g/mol. The van der Waals surface area contributed by atoms with Gasteiger partial charge < -0.3 is 18.6 Å². The van der Waals surface area contributed by atoms with E-state index in [2.05, 4.69) is 4.99 Å². The minimum absolute atomic E-state index is 0.171. The Hall–Kier alpha value is -3.79. The molecule has 0 bridgehead atoms. The number of furan rings is 1. The minimum atomic E-state index is -0.837. The van der Waals surface area contributed by atoms with Gasteiger partial charge in [0.15, 0.2) is 4.80 Å².